The molecule has 1 aromatic heterocycles. The number of halogens is 1. The second kappa shape index (κ2) is 2.78. The Morgan fingerprint density at radius 2 is 1.85 bits per heavy atom. The van der Waals surface area contributed by atoms with E-state index in [0.717, 1.165) is 5.02 Å². The molecular formula is C11H12ClN. The van der Waals surface area contributed by atoms with Crippen LogP contribution in [-0.2, 0) is 7.05 Å². The molecule has 0 N–H and O–H groups in total. The highest BCUT2D eigenvalue weighted by atomic mass is 35.5. The summed E-state index contributed by atoms with van der Waals surface area (Å²) in [5.74, 6) is 0. The van der Waals surface area contributed by atoms with Gasteiger partial charge in [0.1, 0.15) is 0 Å². The van der Waals surface area contributed by atoms with Crippen LogP contribution in [0.3, 0.4) is 0 Å². The molecule has 2 heteroatoms. The van der Waals surface area contributed by atoms with Crippen LogP contribution in [0.2, 0.25) is 5.02 Å². The maximum Gasteiger partial charge on any atom is 0.0497 e. The fraction of sp³-hybridized carbons (Fsp3) is 0.273. The van der Waals surface area contributed by atoms with Crippen LogP contribution in [0.25, 0.3) is 10.9 Å². The Morgan fingerprint density at radius 3 is 2.54 bits per heavy atom. The molecule has 0 saturated heterocycles. The molecule has 1 aromatic carbocycles. The Labute approximate surface area is 82.9 Å². The smallest absolute Gasteiger partial charge is 0.0497 e. The number of benzene rings is 1. The molecule has 0 radical (unpaired) electrons. The summed E-state index contributed by atoms with van der Waals surface area (Å²) in [6.07, 6.45) is 0. The van der Waals surface area contributed by atoms with Gasteiger partial charge in [-0.05, 0) is 37.6 Å². The Balaban J connectivity index is 2.94. The van der Waals surface area contributed by atoms with Gasteiger partial charge in [0, 0.05) is 28.7 Å². The molecule has 0 saturated carbocycles. The van der Waals surface area contributed by atoms with Crippen molar-refractivity contribution in [2.75, 3.05) is 0 Å². The van der Waals surface area contributed by atoms with E-state index in [1.165, 1.54) is 22.2 Å². The van der Waals surface area contributed by atoms with Gasteiger partial charge in [-0.25, -0.2) is 0 Å². The Morgan fingerprint density at radius 1 is 1.15 bits per heavy atom. The maximum atomic E-state index is 5.99. The lowest BCUT2D eigenvalue weighted by Gasteiger charge is -2.01. The van der Waals surface area contributed by atoms with Crippen molar-refractivity contribution in [2.45, 2.75) is 13.8 Å². The first-order chi connectivity index (χ1) is 6.09. The number of hydrogen-bond acceptors (Lipinski definition) is 0. The van der Waals surface area contributed by atoms with Crippen LogP contribution < -0.4 is 0 Å². The van der Waals surface area contributed by atoms with Gasteiger partial charge in [0.25, 0.3) is 0 Å². The zero-order valence-electron chi connectivity index (χ0n) is 8.06. The summed E-state index contributed by atoms with van der Waals surface area (Å²) in [7, 11) is 2.06. The normalized spacial score (nSPS) is 11.1. The van der Waals surface area contributed by atoms with Crippen LogP contribution in [0, 0.1) is 13.8 Å². The Hall–Kier alpha value is -0.950. The SMILES string of the molecule is Cc1cc(Cl)cc2c1cc(C)n2C. The molecule has 68 valence electrons. The summed E-state index contributed by atoms with van der Waals surface area (Å²) in [6.45, 7) is 4.20. The molecule has 0 aliphatic heterocycles. The van der Waals surface area contributed by atoms with E-state index < -0.39 is 0 Å². The second-order valence-electron chi connectivity index (χ2n) is 3.50. The number of rotatable bonds is 0. The highest BCUT2D eigenvalue weighted by Gasteiger charge is 2.05. The second-order valence-corrected chi connectivity index (χ2v) is 3.94. The summed E-state index contributed by atoms with van der Waals surface area (Å²) in [6, 6.07) is 6.21. The van der Waals surface area contributed by atoms with Crippen molar-refractivity contribution in [2.24, 2.45) is 7.05 Å². The van der Waals surface area contributed by atoms with E-state index >= 15 is 0 Å². The lowest BCUT2D eigenvalue weighted by atomic mass is 10.1. The zero-order chi connectivity index (χ0) is 9.59. The van der Waals surface area contributed by atoms with Gasteiger partial charge in [-0.1, -0.05) is 11.6 Å². The Kier molecular flexibility index (Phi) is 1.85. The minimum atomic E-state index is 0.811. The third kappa shape index (κ3) is 1.24. The van der Waals surface area contributed by atoms with Gasteiger partial charge >= 0.3 is 0 Å². The molecule has 0 amide bonds. The van der Waals surface area contributed by atoms with E-state index in [4.69, 9.17) is 11.6 Å². The van der Waals surface area contributed by atoms with Crippen molar-refractivity contribution in [1.29, 1.82) is 0 Å². The number of fused-ring (bicyclic) bond motifs is 1. The Bertz CT molecular complexity index is 468. The molecule has 0 atom stereocenters. The van der Waals surface area contributed by atoms with Gasteiger partial charge in [-0.3, -0.25) is 0 Å². The van der Waals surface area contributed by atoms with E-state index in [9.17, 15) is 0 Å². The molecule has 1 nitrogen and oxygen atoms in total. The summed E-state index contributed by atoms with van der Waals surface area (Å²) >= 11 is 5.99. The van der Waals surface area contributed by atoms with Crippen molar-refractivity contribution < 1.29 is 0 Å². The average molecular weight is 194 g/mol. The third-order valence-electron chi connectivity index (χ3n) is 2.57. The molecule has 0 aliphatic rings. The minimum absolute atomic E-state index is 0.811. The van der Waals surface area contributed by atoms with Crippen molar-refractivity contribution in [1.82, 2.24) is 4.57 Å². The molecule has 0 fully saturated rings. The molecule has 2 rings (SSSR count). The molecular weight excluding hydrogens is 182 g/mol. The van der Waals surface area contributed by atoms with Crippen molar-refractivity contribution in [3.05, 3.63) is 34.5 Å². The molecule has 0 aliphatic carbocycles. The average Bonchev–Trinajstić information content (AvgIpc) is 2.32. The number of aromatic nitrogens is 1. The molecule has 0 spiro atoms. The first kappa shape index (κ1) is 8.64. The zero-order valence-corrected chi connectivity index (χ0v) is 8.81. The van der Waals surface area contributed by atoms with Gasteiger partial charge < -0.3 is 4.57 Å². The van der Waals surface area contributed by atoms with Crippen LogP contribution in [0.4, 0.5) is 0 Å². The van der Waals surface area contributed by atoms with Crippen LogP contribution in [-0.4, -0.2) is 4.57 Å². The lowest BCUT2D eigenvalue weighted by Crippen LogP contribution is -1.89. The van der Waals surface area contributed by atoms with Crippen molar-refractivity contribution in [3.63, 3.8) is 0 Å². The summed E-state index contributed by atoms with van der Waals surface area (Å²) in [4.78, 5) is 0. The van der Waals surface area contributed by atoms with Gasteiger partial charge in [0.05, 0.1) is 0 Å². The molecule has 1 heterocycles. The molecule has 13 heavy (non-hydrogen) atoms. The van der Waals surface area contributed by atoms with Gasteiger partial charge in [0.15, 0.2) is 0 Å². The number of hydrogen-bond donors (Lipinski definition) is 0. The van der Waals surface area contributed by atoms with E-state index in [-0.39, 0.29) is 0 Å². The fourth-order valence-corrected chi connectivity index (χ4v) is 1.96. The quantitative estimate of drug-likeness (QED) is 0.604. The predicted octanol–water partition coefficient (Wildman–Crippen LogP) is 3.45. The topological polar surface area (TPSA) is 4.93 Å². The highest BCUT2D eigenvalue weighted by molar-refractivity contribution is 6.31. The van der Waals surface area contributed by atoms with Gasteiger partial charge in [0.2, 0.25) is 0 Å². The number of nitrogens with zero attached hydrogens (tertiary/aromatic N) is 1. The lowest BCUT2D eigenvalue weighted by molar-refractivity contribution is 0.918. The predicted molar refractivity (Wildman–Crippen MR) is 57.4 cm³/mol. The fourth-order valence-electron chi connectivity index (χ4n) is 1.70. The van der Waals surface area contributed by atoms with Crippen LogP contribution in [0.1, 0.15) is 11.3 Å². The van der Waals surface area contributed by atoms with E-state index in [1.807, 2.05) is 12.1 Å². The summed E-state index contributed by atoms with van der Waals surface area (Å²) < 4.78 is 2.16. The first-order valence-corrected chi connectivity index (χ1v) is 4.69. The van der Waals surface area contributed by atoms with Gasteiger partial charge in [-0.2, -0.15) is 0 Å². The van der Waals surface area contributed by atoms with Gasteiger partial charge in [-0.15, -0.1) is 0 Å². The van der Waals surface area contributed by atoms with Crippen LogP contribution >= 0.6 is 11.6 Å². The first-order valence-electron chi connectivity index (χ1n) is 4.32. The largest absolute Gasteiger partial charge is 0.348 e. The standard InChI is InChI=1S/C11H12ClN/c1-7-4-9(12)6-11-10(7)5-8(2)13(11)3/h4-6H,1-3H3. The van der Waals surface area contributed by atoms with E-state index in [1.54, 1.807) is 0 Å². The maximum absolute atomic E-state index is 5.99. The highest BCUT2D eigenvalue weighted by Crippen LogP contribution is 2.25. The number of aryl methyl sites for hydroxylation is 3. The van der Waals surface area contributed by atoms with Crippen LogP contribution in [0.15, 0.2) is 18.2 Å². The minimum Gasteiger partial charge on any atom is -0.348 e. The monoisotopic (exact) mass is 193 g/mol. The molecule has 2 aromatic rings. The van der Waals surface area contributed by atoms with Crippen molar-refractivity contribution in [3.8, 4) is 0 Å². The third-order valence-corrected chi connectivity index (χ3v) is 2.79. The van der Waals surface area contributed by atoms with Crippen molar-refractivity contribution >= 4 is 22.5 Å². The van der Waals surface area contributed by atoms with E-state index in [0.29, 0.717) is 0 Å². The summed E-state index contributed by atoms with van der Waals surface area (Å²) in [5.41, 5.74) is 3.72. The molecule has 0 unspecified atom stereocenters. The summed E-state index contributed by atoms with van der Waals surface area (Å²) in [5, 5.41) is 2.11. The van der Waals surface area contributed by atoms with Crippen LogP contribution in [0.5, 0.6) is 0 Å². The van der Waals surface area contributed by atoms with E-state index in [2.05, 4.69) is 31.5 Å². The molecule has 0 bridgehead atoms.